The summed E-state index contributed by atoms with van der Waals surface area (Å²) in [7, 11) is 0. The molecule has 0 aliphatic carbocycles. The first-order chi connectivity index (χ1) is 8.69. The summed E-state index contributed by atoms with van der Waals surface area (Å²) >= 11 is 3.24. The van der Waals surface area contributed by atoms with E-state index in [0.29, 0.717) is 4.47 Å². The molecule has 0 radical (unpaired) electrons. The summed E-state index contributed by atoms with van der Waals surface area (Å²) in [6, 6.07) is 5.27. The van der Waals surface area contributed by atoms with Gasteiger partial charge in [-0.05, 0) is 71.9 Å². The fourth-order valence-corrected chi connectivity index (χ4v) is 3.09. The maximum atomic E-state index is 13.2. The van der Waals surface area contributed by atoms with Gasteiger partial charge in [-0.1, -0.05) is 6.07 Å². The van der Waals surface area contributed by atoms with Crippen LogP contribution in [0.1, 0.15) is 24.8 Å². The molecule has 0 saturated carbocycles. The molecule has 1 aromatic rings. The van der Waals surface area contributed by atoms with E-state index >= 15 is 0 Å². The Balaban J connectivity index is 0.00000180. The Morgan fingerprint density at radius 3 is 2.89 bits per heavy atom. The summed E-state index contributed by atoms with van der Waals surface area (Å²) in [5.74, 6) is 0.533. The minimum atomic E-state index is -0.196. The maximum absolute atomic E-state index is 13.2. The topological polar surface area (TPSA) is 29.3 Å². The van der Waals surface area contributed by atoms with Gasteiger partial charge in [-0.2, -0.15) is 0 Å². The van der Waals surface area contributed by atoms with Crippen LogP contribution in [-0.4, -0.2) is 24.5 Å². The molecule has 0 bridgehead atoms. The molecule has 1 fully saturated rings. The highest BCUT2D eigenvalue weighted by Gasteiger charge is 2.19. The zero-order valence-corrected chi connectivity index (χ0v) is 13.4. The molecule has 108 valence electrons. The van der Waals surface area contributed by atoms with Gasteiger partial charge in [-0.25, -0.2) is 4.39 Å². The Bertz CT molecular complexity index is 401. The SMILES string of the molecule is Cl.NCCC1CCCN(Cc2ccc(F)c(Br)c2)C1. The number of nitrogens with zero attached hydrogens (tertiary/aromatic N) is 1. The lowest BCUT2D eigenvalue weighted by Gasteiger charge is -2.32. The second-order valence-electron chi connectivity index (χ2n) is 5.07. The van der Waals surface area contributed by atoms with Gasteiger partial charge in [-0.15, -0.1) is 12.4 Å². The molecule has 0 amide bonds. The summed E-state index contributed by atoms with van der Waals surface area (Å²) < 4.78 is 13.7. The first kappa shape index (κ1) is 16.9. The molecule has 1 unspecified atom stereocenters. The highest BCUT2D eigenvalue weighted by Crippen LogP contribution is 2.22. The van der Waals surface area contributed by atoms with Gasteiger partial charge >= 0.3 is 0 Å². The monoisotopic (exact) mass is 350 g/mol. The second-order valence-corrected chi connectivity index (χ2v) is 5.92. The molecule has 0 spiro atoms. The Morgan fingerprint density at radius 2 is 2.21 bits per heavy atom. The lowest BCUT2D eigenvalue weighted by molar-refractivity contribution is 0.163. The van der Waals surface area contributed by atoms with Gasteiger partial charge in [0.1, 0.15) is 5.82 Å². The van der Waals surface area contributed by atoms with Crippen LogP contribution >= 0.6 is 28.3 Å². The molecule has 1 aliphatic rings. The molecule has 2 nitrogen and oxygen atoms in total. The minimum Gasteiger partial charge on any atom is -0.330 e. The van der Waals surface area contributed by atoms with Crippen LogP contribution in [0.4, 0.5) is 4.39 Å². The molecule has 5 heteroatoms. The third kappa shape index (κ3) is 5.03. The van der Waals surface area contributed by atoms with Crippen molar-refractivity contribution in [2.45, 2.75) is 25.8 Å². The summed E-state index contributed by atoms with van der Waals surface area (Å²) in [4.78, 5) is 2.45. The minimum absolute atomic E-state index is 0. The van der Waals surface area contributed by atoms with Gasteiger partial charge in [0.25, 0.3) is 0 Å². The number of hydrogen-bond acceptors (Lipinski definition) is 2. The fraction of sp³-hybridized carbons (Fsp3) is 0.571. The Hall–Kier alpha value is -0.160. The Kier molecular flexibility index (Phi) is 7.29. The van der Waals surface area contributed by atoms with Crippen molar-refractivity contribution in [2.75, 3.05) is 19.6 Å². The number of rotatable bonds is 4. The smallest absolute Gasteiger partial charge is 0.137 e. The van der Waals surface area contributed by atoms with Crippen LogP contribution in [0.5, 0.6) is 0 Å². The van der Waals surface area contributed by atoms with E-state index in [2.05, 4.69) is 20.8 Å². The first-order valence-corrected chi connectivity index (χ1v) is 7.34. The van der Waals surface area contributed by atoms with Crippen LogP contribution in [0.25, 0.3) is 0 Å². The third-order valence-corrected chi connectivity index (χ3v) is 4.18. The number of halogens is 3. The summed E-state index contributed by atoms with van der Waals surface area (Å²) in [6.45, 7) is 3.93. The lowest BCUT2D eigenvalue weighted by atomic mass is 9.94. The van der Waals surface area contributed by atoms with Crippen molar-refractivity contribution in [2.24, 2.45) is 11.7 Å². The van der Waals surface area contributed by atoms with Crippen molar-refractivity contribution >= 4 is 28.3 Å². The molecule has 2 rings (SSSR count). The molecule has 1 saturated heterocycles. The Morgan fingerprint density at radius 1 is 1.42 bits per heavy atom. The van der Waals surface area contributed by atoms with Gasteiger partial charge in [-0.3, -0.25) is 4.90 Å². The highest BCUT2D eigenvalue weighted by atomic mass is 79.9. The van der Waals surface area contributed by atoms with Gasteiger partial charge in [0.05, 0.1) is 4.47 Å². The molecular formula is C14H21BrClFN2. The second kappa shape index (κ2) is 8.20. The average Bonchev–Trinajstić information content (AvgIpc) is 2.35. The molecule has 19 heavy (non-hydrogen) atoms. The van der Waals surface area contributed by atoms with E-state index in [9.17, 15) is 4.39 Å². The summed E-state index contributed by atoms with van der Waals surface area (Å²) in [5, 5.41) is 0. The highest BCUT2D eigenvalue weighted by molar-refractivity contribution is 9.10. The van der Waals surface area contributed by atoms with E-state index in [0.717, 1.165) is 44.1 Å². The molecule has 2 N–H and O–H groups in total. The first-order valence-electron chi connectivity index (χ1n) is 6.55. The predicted octanol–water partition coefficient (Wildman–Crippen LogP) is 3.57. The Labute approximate surface area is 129 Å². The van der Waals surface area contributed by atoms with Crippen molar-refractivity contribution in [1.82, 2.24) is 4.90 Å². The van der Waals surface area contributed by atoms with E-state index in [-0.39, 0.29) is 18.2 Å². The normalized spacial score (nSPS) is 20.1. The number of likely N-dealkylation sites (tertiary alicyclic amines) is 1. The molecule has 1 heterocycles. The molecule has 1 aromatic carbocycles. The zero-order valence-electron chi connectivity index (χ0n) is 10.9. The van der Waals surface area contributed by atoms with Crippen LogP contribution < -0.4 is 5.73 Å². The third-order valence-electron chi connectivity index (χ3n) is 3.57. The average molecular weight is 352 g/mol. The van der Waals surface area contributed by atoms with E-state index in [4.69, 9.17) is 5.73 Å². The molecule has 0 aromatic heterocycles. The molecular weight excluding hydrogens is 331 g/mol. The van der Waals surface area contributed by atoms with E-state index in [1.165, 1.54) is 18.9 Å². The van der Waals surface area contributed by atoms with Crippen LogP contribution in [0.2, 0.25) is 0 Å². The van der Waals surface area contributed by atoms with Crippen LogP contribution in [0.15, 0.2) is 22.7 Å². The quantitative estimate of drug-likeness (QED) is 0.898. The fourth-order valence-electron chi connectivity index (χ4n) is 2.66. The van der Waals surface area contributed by atoms with E-state index in [1.807, 2.05) is 12.1 Å². The summed E-state index contributed by atoms with van der Waals surface area (Å²) in [5.41, 5.74) is 6.79. The van der Waals surface area contributed by atoms with Crippen LogP contribution in [-0.2, 0) is 6.54 Å². The lowest BCUT2D eigenvalue weighted by Crippen LogP contribution is -2.35. The van der Waals surface area contributed by atoms with Crippen molar-refractivity contribution in [3.05, 3.63) is 34.1 Å². The van der Waals surface area contributed by atoms with Crippen LogP contribution in [0.3, 0.4) is 0 Å². The number of hydrogen-bond donors (Lipinski definition) is 1. The van der Waals surface area contributed by atoms with Crippen molar-refractivity contribution in [3.63, 3.8) is 0 Å². The predicted molar refractivity (Wildman–Crippen MR) is 83.0 cm³/mol. The van der Waals surface area contributed by atoms with Crippen LogP contribution in [0, 0.1) is 11.7 Å². The number of piperidine rings is 1. The largest absolute Gasteiger partial charge is 0.330 e. The zero-order chi connectivity index (χ0) is 13.0. The van der Waals surface area contributed by atoms with E-state index in [1.54, 1.807) is 0 Å². The molecule has 1 aliphatic heterocycles. The van der Waals surface area contributed by atoms with Crippen molar-refractivity contribution < 1.29 is 4.39 Å². The molecule has 1 atom stereocenters. The van der Waals surface area contributed by atoms with Gasteiger partial charge in [0.2, 0.25) is 0 Å². The van der Waals surface area contributed by atoms with Gasteiger partial charge in [0.15, 0.2) is 0 Å². The van der Waals surface area contributed by atoms with Crippen molar-refractivity contribution in [3.8, 4) is 0 Å². The van der Waals surface area contributed by atoms with Gasteiger partial charge < -0.3 is 5.73 Å². The summed E-state index contributed by atoms with van der Waals surface area (Å²) in [6.07, 6.45) is 3.65. The number of benzene rings is 1. The maximum Gasteiger partial charge on any atom is 0.137 e. The van der Waals surface area contributed by atoms with Crippen molar-refractivity contribution in [1.29, 1.82) is 0 Å². The van der Waals surface area contributed by atoms with Gasteiger partial charge in [0, 0.05) is 13.1 Å². The number of nitrogens with two attached hydrogens (primary N) is 1. The van der Waals surface area contributed by atoms with E-state index < -0.39 is 0 Å². The standard InChI is InChI=1S/C14H20BrFN2.ClH/c15-13-8-12(3-4-14(13)16)10-18-7-1-2-11(9-18)5-6-17;/h3-4,8,11H,1-2,5-7,9-10,17H2;1H.